The van der Waals surface area contributed by atoms with E-state index in [1.165, 1.54) is 17.7 Å². The topological polar surface area (TPSA) is 12.0 Å². The second-order valence-electron chi connectivity index (χ2n) is 4.38. The quantitative estimate of drug-likeness (QED) is 0.834. The predicted molar refractivity (Wildman–Crippen MR) is 72.7 cm³/mol. The molecule has 0 saturated heterocycles. The molecule has 2 rings (SSSR count). The summed E-state index contributed by atoms with van der Waals surface area (Å²) in [7, 11) is 0. The van der Waals surface area contributed by atoms with E-state index < -0.39 is 0 Å². The van der Waals surface area contributed by atoms with Crippen LogP contribution in [0.15, 0.2) is 54.6 Å². The lowest BCUT2D eigenvalue weighted by atomic mass is 10.0. The molecule has 2 heteroatoms. The molecule has 2 aromatic rings. The van der Waals surface area contributed by atoms with Crippen LogP contribution in [0.4, 0.5) is 4.39 Å². The normalized spacial score (nSPS) is 12.3. The number of halogens is 1. The fourth-order valence-electron chi connectivity index (χ4n) is 2.03. The molecule has 18 heavy (non-hydrogen) atoms. The molecule has 0 bridgehead atoms. The highest BCUT2D eigenvalue weighted by Crippen LogP contribution is 2.17. The first-order valence-electron chi connectivity index (χ1n) is 6.32. The van der Waals surface area contributed by atoms with Crippen molar-refractivity contribution < 1.29 is 4.39 Å². The van der Waals surface area contributed by atoms with E-state index in [0.29, 0.717) is 0 Å². The maximum absolute atomic E-state index is 12.9. The lowest BCUT2D eigenvalue weighted by molar-refractivity contribution is 0.517. The van der Waals surface area contributed by atoms with E-state index in [-0.39, 0.29) is 11.9 Å². The summed E-state index contributed by atoms with van der Waals surface area (Å²) in [5, 5.41) is 3.50. The second-order valence-corrected chi connectivity index (χ2v) is 4.38. The van der Waals surface area contributed by atoms with Crippen molar-refractivity contribution in [1.82, 2.24) is 5.32 Å². The first-order chi connectivity index (χ1) is 8.79. The summed E-state index contributed by atoms with van der Waals surface area (Å²) < 4.78 is 12.9. The van der Waals surface area contributed by atoms with Crippen molar-refractivity contribution in [3.63, 3.8) is 0 Å². The van der Waals surface area contributed by atoms with E-state index in [0.717, 1.165) is 18.5 Å². The highest BCUT2D eigenvalue weighted by atomic mass is 19.1. The highest BCUT2D eigenvalue weighted by molar-refractivity contribution is 5.20. The Morgan fingerprint density at radius 3 is 2.28 bits per heavy atom. The average Bonchev–Trinajstić information content (AvgIpc) is 2.42. The van der Waals surface area contributed by atoms with Crippen molar-refractivity contribution in [3.8, 4) is 0 Å². The molecular weight excluding hydrogens is 225 g/mol. The monoisotopic (exact) mass is 243 g/mol. The smallest absolute Gasteiger partial charge is 0.123 e. The molecule has 0 aliphatic carbocycles. The van der Waals surface area contributed by atoms with Gasteiger partial charge in [-0.25, -0.2) is 4.39 Å². The molecular formula is C16H18FN. The van der Waals surface area contributed by atoms with Crippen molar-refractivity contribution in [3.05, 3.63) is 71.5 Å². The van der Waals surface area contributed by atoms with Gasteiger partial charge in [0.15, 0.2) is 0 Å². The van der Waals surface area contributed by atoms with Gasteiger partial charge in [0.1, 0.15) is 5.82 Å². The maximum atomic E-state index is 12.9. The Balaban J connectivity index is 1.99. The Labute approximate surface area is 108 Å². The number of hydrogen-bond donors (Lipinski definition) is 1. The van der Waals surface area contributed by atoms with E-state index in [1.54, 1.807) is 0 Å². The predicted octanol–water partition coefficient (Wildman–Crippen LogP) is 4.07. The molecule has 1 N–H and O–H groups in total. The minimum absolute atomic E-state index is 0.184. The van der Waals surface area contributed by atoms with Crippen LogP contribution in [-0.4, -0.2) is 0 Å². The van der Waals surface area contributed by atoms with Gasteiger partial charge in [-0.15, -0.1) is 0 Å². The van der Waals surface area contributed by atoms with Gasteiger partial charge in [0.05, 0.1) is 0 Å². The zero-order valence-corrected chi connectivity index (χ0v) is 10.6. The van der Waals surface area contributed by atoms with Gasteiger partial charge in [0, 0.05) is 12.6 Å². The molecule has 1 nitrogen and oxygen atoms in total. The molecule has 0 aliphatic heterocycles. The van der Waals surface area contributed by atoms with Gasteiger partial charge in [-0.3, -0.25) is 0 Å². The van der Waals surface area contributed by atoms with Gasteiger partial charge in [0.2, 0.25) is 0 Å². The lowest BCUT2D eigenvalue weighted by Gasteiger charge is -2.17. The van der Waals surface area contributed by atoms with E-state index in [9.17, 15) is 4.39 Å². The van der Waals surface area contributed by atoms with Gasteiger partial charge in [0.25, 0.3) is 0 Å². The minimum atomic E-state index is -0.184. The van der Waals surface area contributed by atoms with Gasteiger partial charge >= 0.3 is 0 Å². The fraction of sp³-hybridized carbons (Fsp3) is 0.250. The molecule has 0 saturated carbocycles. The Kier molecular flexibility index (Phi) is 4.48. The lowest BCUT2D eigenvalue weighted by Crippen LogP contribution is -2.20. The van der Waals surface area contributed by atoms with Gasteiger partial charge in [-0.2, -0.15) is 0 Å². The van der Waals surface area contributed by atoms with Crippen molar-refractivity contribution in [1.29, 1.82) is 0 Å². The summed E-state index contributed by atoms with van der Waals surface area (Å²) in [6, 6.07) is 17.3. The molecule has 0 aliphatic rings. The van der Waals surface area contributed by atoms with Crippen LogP contribution in [-0.2, 0) is 6.54 Å². The summed E-state index contributed by atoms with van der Waals surface area (Å²) in [6.07, 6.45) is 0.985. The van der Waals surface area contributed by atoms with E-state index in [1.807, 2.05) is 30.3 Å². The summed E-state index contributed by atoms with van der Waals surface area (Å²) in [5.74, 6) is -0.184. The maximum Gasteiger partial charge on any atom is 0.123 e. The standard InChI is InChI=1S/C16H18FN/c1-2-16(14-8-10-15(17)11-9-14)18-12-13-6-4-3-5-7-13/h3-11,16,18H,2,12H2,1H3. The fourth-order valence-corrected chi connectivity index (χ4v) is 2.03. The molecule has 0 spiro atoms. The van der Waals surface area contributed by atoms with Crippen LogP contribution in [0.3, 0.4) is 0 Å². The second kappa shape index (κ2) is 6.31. The molecule has 1 atom stereocenters. The minimum Gasteiger partial charge on any atom is -0.306 e. The van der Waals surface area contributed by atoms with Crippen LogP contribution in [0, 0.1) is 5.82 Å². The zero-order valence-electron chi connectivity index (χ0n) is 10.6. The van der Waals surface area contributed by atoms with Crippen molar-refractivity contribution in [2.75, 3.05) is 0 Å². The van der Waals surface area contributed by atoms with Crippen LogP contribution in [0.25, 0.3) is 0 Å². The Morgan fingerprint density at radius 2 is 1.67 bits per heavy atom. The molecule has 0 aromatic heterocycles. The Morgan fingerprint density at radius 1 is 1.00 bits per heavy atom. The zero-order chi connectivity index (χ0) is 12.8. The summed E-state index contributed by atoms with van der Waals surface area (Å²) in [5.41, 5.74) is 2.40. The van der Waals surface area contributed by atoms with E-state index in [2.05, 4.69) is 24.4 Å². The van der Waals surface area contributed by atoms with Crippen molar-refractivity contribution in [2.24, 2.45) is 0 Å². The van der Waals surface area contributed by atoms with E-state index >= 15 is 0 Å². The van der Waals surface area contributed by atoms with Gasteiger partial charge in [-0.05, 0) is 29.7 Å². The molecule has 1 unspecified atom stereocenters. The molecule has 0 amide bonds. The van der Waals surface area contributed by atoms with Crippen molar-refractivity contribution in [2.45, 2.75) is 25.9 Å². The largest absolute Gasteiger partial charge is 0.306 e. The van der Waals surface area contributed by atoms with E-state index in [4.69, 9.17) is 0 Å². The summed E-state index contributed by atoms with van der Waals surface area (Å²) >= 11 is 0. The number of hydrogen-bond acceptors (Lipinski definition) is 1. The van der Waals surface area contributed by atoms with Crippen molar-refractivity contribution >= 4 is 0 Å². The first kappa shape index (κ1) is 12.8. The van der Waals surface area contributed by atoms with Crippen LogP contribution in [0.5, 0.6) is 0 Å². The number of rotatable bonds is 5. The number of benzene rings is 2. The molecule has 0 heterocycles. The van der Waals surface area contributed by atoms with Crippen LogP contribution in [0.1, 0.15) is 30.5 Å². The molecule has 0 fully saturated rings. The van der Waals surface area contributed by atoms with Gasteiger partial charge < -0.3 is 5.32 Å². The third kappa shape index (κ3) is 3.41. The third-order valence-corrected chi connectivity index (χ3v) is 3.08. The van der Waals surface area contributed by atoms with Crippen LogP contribution < -0.4 is 5.32 Å². The van der Waals surface area contributed by atoms with Crippen LogP contribution in [0.2, 0.25) is 0 Å². The first-order valence-corrected chi connectivity index (χ1v) is 6.32. The average molecular weight is 243 g/mol. The Bertz CT molecular complexity index is 464. The summed E-state index contributed by atoms with van der Waals surface area (Å²) in [4.78, 5) is 0. The molecule has 2 aromatic carbocycles. The SMILES string of the molecule is CCC(NCc1ccccc1)c1ccc(F)cc1. The third-order valence-electron chi connectivity index (χ3n) is 3.08. The Hall–Kier alpha value is -1.67. The summed E-state index contributed by atoms with van der Waals surface area (Å²) in [6.45, 7) is 2.96. The van der Waals surface area contributed by atoms with Crippen LogP contribution >= 0.6 is 0 Å². The van der Waals surface area contributed by atoms with Gasteiger partial charge in [-0.1, -0.05) is 49.4 Å². The number of nitrogens with one attached hydrogen (secondary N) is 1. The highest BCUT2D eigenvalue weighted by Gasteiger charge is 2.08. The molecule has 0 radical (unpaired) electrons. The molecule has 94 valence electrons.